The number of carbonyl (C=O) groups is 1. The number of imidazole rings is 1. The third kappa shape index (κ3) is 4.17. The summed E-state index contributed by atoms with van der Waals surface area (Å²) >= 11 is 1.69. The smallest absolute Gasteiger partial charge is 0.256 e. The first-order valence-electron chi connectivity index (χ1n) is 8.57. The first kappa shape index (κ1) is 17.3. The van der Waals surface area contributed by atoms with Crippen LogP contribution in [0.15, 0.2) is 78.1 Å². The molecule has 134 valence electrons. The summed E-state index contributed by atoms with van der Waals surface area (Å²) in [6.45, 7) is 1.96. The summed E-state index contributed by atoms with van der Waals surface area (Å²) in [4.78, 5) is 22.2. The van der Waals surface area contributed by atoms with Crippen molar-refractivity contribution in [3.05, 3.63) is 90.0 Å². The molecular formula is C21H18N4OS. The number of aryl methyl sites for hydroxylation is 1. The van der Waals surface area contributed by atoms with Crippen molar-refractivity contribution in [1.29, 1.82) is 0 Å². The Kier molecular flexibility index (Phi) is 4.89. The molecule has 5 nitrogen and oxygen atoms in total. The summed E-state index contributed by atoms with van der Waals surface area (Å²) in [5.41, 5.74) is 3.64. The number of hydrogen-bond donors (Lipinski definition) is 1. The van der Waals surface area contributed by atoms with Crippen LogP contribution in [0.2, 0.25) is 0 Å². The summed E-state index contributed by atoms with van der Waals surface area (Å²) in [5, 5.41) is 2.81. The molecule has 0 aliphatic heterocycles. The van der Waals surface area contributed by atoms with Gasteiger partial charge in [-0.15, -0.1) is 11.8 Å². The van der Waals surface area contributed by atoms with Crippen molar-refractivity contribution in [3.63, 3.8) is 0 Å². The quantitative estimate of drug-likeness (QED) is 0.519. The molecule has 0 spiro atoms. The van der Waals surface area contributed by atoms with Gasteiger partial charge >= 0.3 is 0 Å². The van der Waals surface area contributed by atoms with E-state index in [2.05, 4.69) is 15.3 Å². The van der Waals surface area contributed by atoms with E-state index in [1.165, 1.54) is 0 Å². The molecule has 4 aromatic rings. The molecule has 0 atom stereocenters. The Balaban J connectivity index is 1.38. The molecule has 0 aliphatic carbocycles. The number of fused-ring (bicyclic) bond motifs is 1. The fourth-order valence-corrected chi connectivity index (χ4v) is 3.43. The van der Waals surface area contributed by atoms with Crippen LogP contribution in [-0.4, -0.2) is 20.3 Å². The maximum atomic E-state index is 12.3. The minimum absolute atomic E-state index is 0.164. The van der Waals surface area contributed by atoms with Crippen molar-refractivity contribution in [2.24, 2.45) is 0 Å². The molecule has 3 aromatic heterocycles. The molecule has 0 fully saturated rings. The van der Waals surface area contributed by atoms with E-state index in [9.17, 15) is 4.79 Å². The van der Waals surface area contributed by atoms with Gasteiger partial charge in [-0.2, -0.15) is 0 Å². The van der Waals surface area contributed by atoms with Crippen molar-refractivity contribution >= 4 is 29.1 Å². The zero-order chi connectivity index (χ0) is 18.6. The largest absolute Gasteiger partial charge is 0.307 e. The SMILES string of the molecule is Cc1ccc(NC(=O)c2ccc(SCc3cn4ccccc4n3)cc2)nc1. The Morgan fingerprint density at radius 3 is 2.70 bits per heavy atom. The molecule has 27 heavy (non-hydrogen) atoms. The van der Waals surface area contributed by atoms with Gasteiger partial charge in [-0.25, -0.2) is 9.97 Å². The number of thioether (sulfide) groups is 1. The van der Waals surface area contributed by atoms with E-state index in [0.29, 0.717) is 11.4 Å². The van der Waals surface area contributed by atoms with Crippen LogP contribution < -0.4 is 5.32 Å². The Morgan fingerprint density at radius 1 is 1.11 bits per heavy atom. The van der Waals surface area contributed by atoms with E-state index < -0.39 is 0 Å². The molecule has 0 saturated heterocycles. The summed E-state index contributed by atoms with van der Waals surface area (Å²) < 4.78 is 2.02. The second kappa shape index (κ2) is 7.63. The average Bonchev–Trinajstić information content (AvgIpc) is 3.11. The van der Waals surface area contributed by atoms with Crippen LogP contribution in [-0.2, 0) is 5.75 Å². The molecule has 1 amide bonds. The lowest BCUT2D eigenvalue weighted by molar-refractivity contribution is 0.102. The number of amides is 1. The highest BCUT2D eigenvalue weighted by Gasteiger charge is 2.07. The first-order valence-corrected chi connectivity index (χ1v) is 9.55. The lowest BCUT2D eigenvalue weighted by Gasteiger charge is -2.06. The number of aromatic nitrogens is 3. The van der Waals surface area contributed by atoms with Gasteiger partial charge < -0.3 is 9.72 Å². The summed E-state index contributed by atoms with van der Waals surface area (Å²) in [6.07, 6.45) is 5.76. The zero-order valence-corrected chi connectivity index (χ0v) is 15.6. The first-order chi connectivity index (χ1) is 13.2. The number of hydrogen-bond acceptors (Lipinski definition) is 4. The van der Waals surface area contributed by atoms with Crippen molar-refractivity contribution in [3.8, 4) is 0 Å². The van der Waals surface area contributed by atoms with Gasteiger partial charge in [0.1, 0.15) is 11.5 Å². The van der Waals surface area contributed by atoms with Crippen LogP contribution in [0.5, 0.6) is 0 Å². The number of anilines is 1. The maximum absolute atomic E-state index is 12.3. The summed E-state index contributed by atoms with van der Waals surface area (Å²) in [7, 11) is 0. The Morgan fingerprint density at radius 2 is 1.96 bits per heavy atom. The predicted molar refractivity (Wildman–Crippen MR) is 108 cm³/mol. The molecule has 6 heteroatoms. The molecule has 1 aromatic carbocycles. The van der Waals surface area contributed by atoms with Gasteiger partial charge in [0.05, 0.1) is 5.69 Å². The molecule has 0 bridgehead atoms. The second-order valence-electron chi connectivity index (χ2n) is 6.19. The van der Waals surface area contributed by atoms with E-state index in [4.69, 9.17) is 0 Å². The van der Waals surface area contributed by atoms with Gasteiger partial charge in [-0.05, 0) is 55.0 Å². The monoisotopic (exact) mass is 374 g/mol. The van der Waals surface area contributed by atoms with Gasteiger partial charge in [0.15, 0.2) is 0 Å². The summed E-state index contributed by atoms with van der Waals surface area (Å²) in [5.74, 6) is 1.17. The zero-order valence-electron chi connectivity index (χ0n) is 14.8. The Hall–Kier alpha value is -3.12. The molecular weight excluding hydrogens is 356 g/mol. The van der Waals surface area contributed by atoms with Crippen LogP contribution >= 0.6 is 11.8 Å². The molecule has 0 saturated carbocycles. The van der Waals surface area contributed by atoms with Crippen molar-refractivity contribution in [1.82, 2.24) is 14.4 Å². The number of pyridine rings is 2. The van der Waals surface area contributed by atoms with Crippen LogP contribution in [0, 0.1) is 6.92 Å². The van der Waals surface area contributed by atoms with Gasteiger partial charge in [-0.3, -0.25) is 4.79 Å². The highest BCUT2D eigenvalue weighted by Crippen LogP contribution is 2.23. The molecule has 4 rings (SSSR count). The lowest BCUT2D eigenvalue weighted by atomic mass is 10.2. The van der Waals surface area contributed by atoms with E-state index >= 15 is 0 Å². The van der Waals surface area contributed by atoms with E-state index in [-0.39, 0.29) is 5.91 Å². The standard InChI is InChI=1S/C21H18N4OS/c1-15-5-10-19(22-12-15)24-21(26)16-6-8-18(9-7-16)27-14-17-13-25-11-3-2-4-20(25)23-17/h2-13H,14H2,1H3,(H,22,24,26). The molecule has 3 heterocycles. The average molecular weight is 374 g/mol. The number of rotatable bonds is 5. The van der Waals surface area contributed by atoms with Crippen molar-refractivity contribution in [2.75, 3.05) is 5.32 Å². The van der Waals surface area contributed by atoms with Crippen molar-refractivity contribution < 1.29 is 4.79 Å². The van der Waals surface area contributed by atoms with Gasteiger partial charge in [0.25, 0.3) is 5.91 Å². The number of carbonyl (C=O) groups excluding carboxylic acids is 1. The van der Waals surface area contributed by atoms with E-state index in [1.807, 2.05) is 72.2 Å². The minimum atomic E-state index is -0.164. The van der Waals surface area contributed by atoms with Gasteiger partial charge in [-0.1, -0.05) is 12.1 Å². The van der Waals surface area contributed by atoms with Crippen LogP contribution in [0.25, 0.3) is 5.65 Å². The van der Waals surface area contributed by atoms with Crippen LogP contribution in [0.1, 0.15) is 21.6 Å². The molecule has 0 aliphatic rings. The Bertz CT molecular complexity index is 1040. The fourth-order valence-electron chi connectivity index (χ4n) is 2.65. The van der Waals surface area contributed by atoms with Crippen molar-refractivity contribution in [2.45, 2.75) is 17.6 Å². The highest BCUT2D eigenvalue weighted by molar-refractivity contribution is 7.98. The normalized spacial score (nSPS) is 10.9. The van der Waals surface area contributed by atoms with E-state index in [0.717, 1.165) is 27.6 Å². The van der Waals surface area contributed by atoms with Gasteiger partial charge in [0, 0.05) is 34.8 Å². The Labute approximate surface area is 161 Å². The van der Waals surface area contributed by atoms with Gasteiger partial charge in [0.2, 0.25) is 0 Å². The highest BCUT2D eigenvalue weighted by atomic mass is 32.2. The maximum Gasteiger partial charge on any atom is 0.256 e. The van der Waals surface area contributed by atoms with Crippen LogP contribution in [0.3, 0.4) is 0 Å². The number of nitrogens with zero attached hydrogens (tertiary/aromatic N) is 3. The topological polar surface area (TPSA) is 59.3 Å². The lowest BCUT2D eigenvalue weighted by Crippen LogP contribution is -2.12. The molecule has 1 N–H and O–H groups in total. The molecule has 0 unspecified atom stereocenters. The number of nitrogens with one attached hydrogen (secondary N) is 1. The third-order valence-corrected chi connectivity index (χ3v) is 5.12. The third-order valence-electron chi connectivity index (χ3n) is 4.07. The van der Waals surface area contributed by atoms with E-state index in [1.54, 1.807) is 24.0 Å². The van der Waals surface area contributed by atoms with Crippen LogP contribution in [0.4, 0.5) is 5.82 Å². The number of benzene rings is 1. The fraction of sp³-hybridized carbons (Fsp3) is 0.0952. The minimum Gasteiger partial charge on any atom is -0.307 e. The second-order valence-corrected chi connectivity index (χ2v) is 7.24. The molecule has 0 radical (unpaired) electrons. The summed E-state index contributed by atoms with van der Waals surface area (Å²) in [6, 6.07) is 17.2. The predicted octanol–water partition coefficient (Wildman–Crippen LogP) is 4.58.